The van der Waals surface area contributed by atoms with Gasteiger partial charge in [0, 0.05) is 44.0 Å². The highest BCUT2D eigenvalue weighted by atomic mass is 35.5. The van der Waals surface area contributed by atoms with Crippen LogP contribution in [0.5, 0.6) is 5.75 Å². The van der Waals surface area contributed by atoms with Crippen LogP contribution in [0.15, 0.2) is 18.2 Å². The minimum atomic E-state index is -0.690. The van der Waals surface area contributed by atoms with Crippen LogP contribution >= 0.6 is 12.4 Å². The molecule has 2 atom stereocenters. The normalized spacial score (nSPS) is 24.5. The van der Waals surface area contributed by atoms with Crippen LogP contribution in [0.3, 0.4) is 0 Å². The first kappa shape index (κ1) is 19.9. The van der Waals surface area contributed by atoms with E-state index in [0.717, 1.165) is 31.7 Å². The molecule has 3 rings (SSSR count). The lowest BCUT2D eigenvalue weighted by Gasteiger charge is -2.36. The number of nitrogens with two attached hydrogens (primary N) is 1. The fraction of sp³-hybridized carbons (Fsp3) is 0.611. The third-order valence-electron chi connectivity index (χ3n) is 5.01. The van der Waals surface area contributed by atoms with Gasteiger partial charge in [-0.3, -0.25) is 4.79 Å². The summed E-state index contributed by atoms with van der Waals surface area (Å²) in [6.07, 6.45) is 4.87. The van der Waals surface area contributed by atoms with Crippen molar-refractivity contribution in [3.8, 4) is 5.75 Å². The molecule has 1 amide bonds. The zero-order valence-electron chi connectivity index (χ0n) is 14.1. The van der Waals surface area contributed by atoms with E-state index in [4.69, 9.17) is 10.5 Å². The second-order valence-corrected chi connectivity index (χ2v) is 6.84. The zero-order chi connectivity index (χ0) is 17.1. The third kappa shape index (κ3) is 5.05. The molecule has 1 aromatic carbocycles. The zero-order valence-corrected chi connectivity index (χ0v) is 14.9. The first-order valence-electron chi connectivity index (χ1n) is 8.69. The molecule has 1 saturated heterocycles. The highest BCUT2D eigenvalue weighted by Gasteiger charge is 2.31. The Morgan fingerprint density at radius 1 is 1.16 bits per heavy atom. The van der Waals surface area contributed by atoms with Crippen molar-refractivity contribution in [3.05, 3.63) is 29.8 Å². The quantitative estimate of drug-likeness (QED) is 0.883. The molecule has 2 unspecified atom stereocenters. The Labute approximate surface area is 153 Å². The van der Waals surface area contributed by atoms with Crippen LogP contribution in [-0.4, -0.2) is 36.0 Å². The van der Waals surface area contributed by atoms with Gasteiger partial charge < -0.3 is 15.4 Å². The molecule has 4 nitrogen and oxygen atoms in total. The Bertz CT molecular complexity index is 594. The van der Waals surface area contributed by atoms with Crippen molar-refractivity contribution in [2.24, 2.45) is 11.7 Å². The van der Waals surface area contributed by atoms with Gasteiger partial charge in [-0.05, 0) is 31.4 Å². The van der Waals surface area contributed by atoms with E-state index in [2.05, 4.69) is 0 Å². The molecule has 1 heterocycles. The van der Waals surface area contributed by atoms with E-state index >= 15 is 0 Å². The van der Waals surface area contributed by atoms with Gasteiger partial charge in [0.1, 0.15) is 11.9 Å². The van der Waals surface area contributed by atoms with Gasteiger partial charge in [-0.25, -0.2) is 8.78 Å². The minimum Gasteiger partial charge on any atom is -0.487 e. The molecular weight excluding hydrogens is 350 g/mol. The number of likely N-dealkylation sites (tertiary alicyclic amines) is 1. The molecule has 1 aromatic rings. The molecule has 2 aliphatic rings. The summed E-state index contributed by atoms with van der Waals surface area (Å²) >= 11 is 0. The fourth-order valence-electron chi connectivity index (χ4n) is 3.65. The highest BCUT2D eigenvalue weighted by Crippen LogP contribution is 2.27. The average molecular weight is 375 g/mol. The topological polar surface area (TPSA) is 55.6 Å². The van der Waals surface area contributed by atoms with Crippen molar-refractivity contribution >= 4 is 18.3 Å². The van der Waals surface area contributed by atoms with Crippen molar-refractivity contribution in [2.45, 2.75) is 50.7 Å². The summed E-state index contributed by atoms with van der Waals surface area (Å²) in [5.41, 5.74) is 5.97. The maximum Gasteiger partial charge on any atom is 0.225 e. The maximum atomic E-state index is 13.6. The van der Waals surface area contributed by atoms with E-state index in [1.54, 1.807) is 0 Å². The number of hydrogen-bond acceptors (Lipinski definition) is 3. The van der Waals surface area contributed by atoms with Gasteiger partial charge in [0.05, 0.1) is 0 Å². The van der Waals surface area contributed by atoms with Crippen LogP contribution in [0.25, 0.3) is 0 Å². The molecular formula is C18H25ClF2N2O2. The predicted molar refractivity (Wildman–Crippen MR) is 93.8 cm³/mol. The smallest absolute Gasteiger partial charge is 0.225 e. The lowest BCUT2D eigenvalue weighted by Crippen LogP contribution is -2.46. The van der Waals surface area contributed by atoms with Gasteiger partial charge in [0.15, 0.2) is 11.6 Å². The van der Waals surface area contributed by atoms with Crippen LogP contribution in [-0.2, 0) is 4.79 Å². The van der Waals surface area contributed by atoms with Crippen LogP contribution in [0.4, 0.5) is 8.78 Å². The van der Waals surface area contributed by atoms with E-state index in [9.17, 15) is 13.6 Å². The first-order valence-corrected chi connectivity index (χ1v) is 8.69. The number of ether oxygens (including phenoxy) is 1. The predicted octanol–water partition coefficient (Wildman–Crippen LogP) is 3.27. The van der Waals surface area contributed by atoms with Crippen molar-refractivity contribution in [1.29, 1.82) is 0 Å². The van der Waals surface area contributed by atoms with E-state index < -0.39 is 11.6 Å². The molecule has 0 radical (unpaired) electrons. The highest BCUT2D eigenvalue weighted by molar-refractivity contribution is 5.85. The van der Waals surface area contributed by atoms with Gasteiger partial charge in [-0.1, -0.05) is 6.42 Å². The van der Waals surface area contributed by atoms with Crippen LogP contribution in [0, 0.1) is 17.6 Å². The molecule has 0 spiro atoms. The summed E-state index contributed by atoms with van der Waals surface area (Å²) in [7, 11) is 0. The number of halogens is 3. The second-order valence-electron chi connectivity index (χ2n) is 6.84. The Hall–Kier alpha value is -1.40. The van der Waals surface area contributed by atoms with Gasteiger partial charge in [0.2, 0.25) is 5.91 Å². The van der Waals surface area contributed by atoms with Crippen molar-refractivity contribution in [3.63, 3.8) is 0 Å². The SMILES string of the molecule is Cl.NC1CCCC(C(=O)N2CCC(Oc3ccc(F)cc3F)CC2)C1. The Morgan fingerprint density at radius 2 is 1.88 bits per heavy atom. The molecule has 1 aliphatic carbocycles. The Balaban J connectivity index is 0.00000225. The lowest BCUT2D eigenvalue weighted by atomic mass is 9.85. The van der Waals surface area contributed by atoms with E-state index in [1.807, 2.05) is 4.90 Å². The molecule has 1 saturated carbocycles. The Kier molecular flexibility index (Phi) is 7.02. The molecule has 25 heavy (non-hydrogen) atoms. The molecule has 140 valence electrons. The molecule has 0 bridgehead atoms. The lowest BCUT2D eigenvalue weighted by molar-refractivity contribution is -0.138. The van der Waals surface area contributed by atoms with Gasteiger partial charge in [-0.15, -0.1) is 12.4 Å². The van der Waals surface area contributed by atoms with Crippen LogP contribution in [0.1, 0.15) is 38.5 Å². The first-order chi connectivity index (χ1) is 11.5. The molecule has 1 aliphatic heterocycles. The summed E-state index contributed by atoms with van der Waals surface area (Å²) in [6.45, 7) is 1.22. The van der Waals surface area contributed by atoms with E-state index in [0.29, 0.717) is 25.9 Å². The maximum absolute atomic E-state index is 13.6. The third-order valence-corrected chi connectivity index (χ3v) is 5.01. The van der Waals surface area contributed by atoms with E-state index in [1.165, 1.54) is 12.1 Å². The number of carbonyl (C=O) groups is 1. The largest absolute Gasteiger partial charge is 0.487 e. The van der Waals surface area contributed by atoms with E-state index in [-0.39, 0.29) is 42.1 Å². The minimum absolute atomic E-state index is 0. The summed E-state index contributed by atoms with van der Waals surface area (Å²) in [6, 6.07) is 3.45. The van der Waals surface area contributed by atoms with Crippen LogP contribution in [0.2, 0.25) is 0 Å². The Morgan fingerprint density at radius 3 is 2.52 bits per heavy atom. The molecule has 2 N–H and O–H groups in total. The number of carbonyl (C=O) groups excluding carboxylic acids is 1. The van der Waals surface area contributed by atoms with Crippen molar-refractivity contribution < 1.29 is 18.3 Å². The fourth-order valence-corrected chi connectivity index (χ4v) is 3.65. The number of benzene rings is 1. The number of rotatable bonds is 3. The standard InChI is InChI=1S/C18H24F2N2O2.ClH/c19-13-4-5-17(16(20)11-13)24-15-6-8-22(9-7-15)18(23)12-2-1-3-14(21)10-12;/h4-5,11-12,14-15H,1-3,6-10,21H2;1H. The summed E-state index contributed by atoms with van der Waals surface area (Å²) < 4.78 is 32.2. The summed E-state index contributed by atoms with van der Waals surface area (Å²) in [4.78, 5) is 14.5. The number of hydrogen-bond donors (Lipinski definition) is 1. The number of nitrogens with zero attached hydrogens (tertiary/aromatic N) is 1. The van der Waals surface area contributed by atoms with Gasteiger partial charge in [-0.2, -0.15) is 0 Å². The van der Waals surface area contributed by atoms with Gasteiger partial charge >= 0.3 is 0 Å². The van der Waals surface area contributed by atoms with Crippen LogP contribution < -0.4 is 10.5 Å². The van der Waals surface area contributed by atoms with Crippen molar-refractivity contribution in [2.75, 3.05) is 13.1 Å². The average Bonchev–Trinajstić information content (AvgIpc) is 2.57. The number of amides is 1. The van der Waals surface area contributed by atoms with Gasteiger partial charge in [0.25, 0.3) is 0 Å². The second kappa shape index (κ2) is 8.81. The summed E-state index contributed by atoms with van der Waals surface area (Å²) in [5, 5.41) is 0. The molecule has 0 aromatic heterocycles. The monoisotopic (exact) mass is 374 g/mol. The number of piperidine rings is 1. The molecule has 7 heteroatoms. The van der Waals surface area contributed by atoms with Crippen molar-refractivity contribution in [1.82, 2.24) is 4.90 Å². The molecule has 2 fully saturated rings. The summed E-state index contributed by atoms with van der Waals surface area (Å²) in [5.74, 6) is -1.01.